The van der Waals surface area contributed by atoms with Gasteiger partial charge in [-0.25, -0.2) is 4.39 Å². The first kappa shape index (κ1) is 19.3. The topological polar surface area (TPSA) is 49.6 Å². The number of carbonyl (C=O) groups is 1. The third kappa shape index (κ3) is 4.90. The van der Waals surface area contributed by atoms with Gasteiger partial charge in [0.15, 0.2) is 0 Å². The van der Waals surface area contributed by atoms with Crippen molar-refractivity contribution in [1.82, 2.24) is 14.8 Å². The number of aromatic nitrogens is 1. The fourth-order valence-electron chi connectivity index (χ4n) is 3.61. The Morgan fingerprint density at radius 3 is 2.52 bits per heavy atom. The molecule has 150 valence electrons. The average molecular weight is 393 g/mol. The average Bonchev–Trinajstić information content (AvgIpc) is 3.22. The highest BCUT2D eigenvalue weighted by molar-refractivity contribution is 5.76. The summed E-state index contributed by atoms with van der Waals surface area (Å²) >= 11 is 0. The molecule has 1 saturated heterocycles. The zero-order valence-corrected chi connectivity index (χ0v) is 16.3. The van der Waals surface area contributed by atoms with E-state index in [1.807, 2.05) is 23.1 Å². The fraction of sp³-hybridized carbons (Fsp3) is 0.304. The molecule has 2 aromatic heterocycles. The number of halogens is 1. The molecule has 1 fully saturated rings. The van der Waals surface area contributed by atoms with Gasteiger partial charge in [-0.1, -0.05) is 12.1 Å². The van der Waals surface area contributed by atoms with Crippen LogP contribution in [0.25, 0.3) is 11.3 Å². The minimum absolute atomic E-state index is 0.136. The van der Waals surface area contributed by atoms with E-state index in [9.17, 15) is 9.18 Å². The number of aryl methyl sites for hydroxylation is 1. The van der Waals surface area contributed by atoms with Gasteiger partial charge in [0, 0.05) is 58.0 Å². The summed E-state index contributed by atoms with van der Waals surface area (Å²) in [5.74, 6) is 1.02. The second-order valence-corrected chi connectivity index (χ2v) is 7.26. The summed E-state index contributed by atoms with van der Waals surface area (Å²) in [6.45, 7) is 4.10. The van der Waals surface area contributed by atoms with Crippen LogP contribution in [0.2, 0.25) is 0 Å². The molecule has 5 nitrogen and oxygen atoms in total. The van der Waals surface area contributed by atoms with Gasteiger partial charge < -0.3 is 9.32 Å². The summed E-state index contributed by atoms with van der Waals surface area (Å²) in [5, 5.41) is 0. The van der Waals surface area contributed by atoms with Gasteiger partial charge in [0.25, 0.3) is 0 Å². The number of amides is 1. The van der Waals surface area contributed by atoms with Gasteiger partial charge in [-0.15, -0.1) is 0 Å². The molecule has 0 N–H and O–H groups in total. The van der Waals surface area contributed by atoms with Crippen LogP contribution in [0.5, 0.6) is 0 Å². The predicted molar refractivity (Wildman–Crippen MR) is 109 cm³/mol. The van der Waals surface area contributed by atoms with E-state index >= 15 is 0 Å². The van der Waals surface area contributed by atoms with Crippen molar-refractivity contribution in [1.29, 1.82) is 0 Å². The first-order valence-electron chi connectivity index (χ1n) is 9.92. The number of benzene rings is 1. The lowest BCUT2D eigenvalue weighted by Gasteiger charge is -2.34. The number of piperazine rings is 1. The van der Waals surface area contributed by atoms with Crippen molar-refractivity contribution in [2.75, 3.05) is 26.2 Å². The summed E-state index contributed by atoms with van der Waals surface area (Å²) in [6.07, 6.45) is 4.53. The number of rotatable bonds is 6. The van der Waals surface area contributed by atoms with Gasteiger partial charge in [0.05, 0.1) is 5.56 Å². The van der Waals surface area contributed by atoms with Crippen molar-refractivity contribution >= 4 is 5.91 Å². The number of furan rings is 1. The minimum Gasteiger partial charge on any atom is -0.461 e. The Labute approximate surface area is 169 Å². The second kappa shape index (κ2) is 9.01. The molecule has 1 aliphatic heterocycles. The van der Waals surface area contributed by atoms with Crippen molar-refractivity contribution in [2.45, 2.75) is 19.4 Å². The van der Waals surface area contributed by atoms with Crippen LogP contribution in [0.15, 0.2) is 65.3 Å². The van der Waals surface area contributed by atoms with E-state index < -0.39 is 0 Å². The lowest BCUT2D eigenvalue weighted by Crippen LogP contribution is -2.48. The van der Waals surface area contributed by atoms with Crippen LogP contribution in [0.3, 0.4) is 0 Å². The monoisotopic (exact) mass is 393 g/mol. The largest absolute Gasteiger partial charge is 0.461 e. The van der Waals surface area contributed by atoms with Gasteiger partial charge in [-0.05, 0) is 42.0 Å². The smallest absolute Gasteiger partial charge is 0.223 e. The Morgan fingerprint density at radius 1 is 1.00 bits per heavy atom. The molecule has 0 saturated carbocycles. The van der Waals surface area contributed by atoms with Crippen molar-refractivity contribution in [3.8, 4) is 11.3 Å². The molecule has 3 aromatic rings. The lowest BCUT2D eigenvalue weighted by atomic mass is 10.1. The third-order valence-electron chi connectivity index (χ3n) is 5.27. The van der Waals surface area contributed by atoms with E-state index in [1.54, 1.807) is 36.7 Å². The lowest BCUT2D eigenvalue weighted by molar-refractivity contribution is -0.133. The zero-order chi connectivity index (χ0) is 20.1. The van der Waals surface area contributed by atoms with E-state index in [4.69, 9.17) is 4.42 Å². The molecule has 29 heavy (non-hydrogen) atoms. The molecule has 0 spiro atoms. The Kier molecular flexibility index (Phi) is 6.00. The molecule has 1 amide bonds. The van der Waals surface area contributed by atoms with Crippen LogP contribution in [-0.4, -0.2) is 46.9 Å². The third-order valence-corrected chi connectivity index (χ3v) is 5.27. The standard InChI is InChI=1S/C23H24FN3O2/c24-21-4-2-1-3-20(21)22-7-5-19(29-22)6-8-23(28)27-15-13-26(14-16-27)17-18-9-11-25-12-10-18/h1-5,7,9-12H,6,8,13-17H2. The van der Waals surface area contributed by atoms with E-state index in [1.165, 1.54) is 11.6 Å². The van der Waals surface area contributed by atoms with E-state index in [0.717, 1.165) is 32.7 Å². The van der Waals surface area contributed by atoms with Gasteiger partial charge in [-0.2, -0.15) is 0 Å². The number of nitrogens with zero attached hydrogens (tertiary/aromatic N) is 3. The Bertz CT molecular complexity index is 950. The molecule has 0 radical (unpaired) electrons. The number of carbonyl (C=O) groups excluding carboxylic acids is 1. The van der Waals surface area contributed by atoms with Gasteiger partial charge >= 0.3 is 0 Å². The fourth-order valence-corrected chi connectivity index (χ4v) is 3.61. The van der Waals surface area contributed by atoms with Crippen LogP contribution >= 0.6 is 0 Å². The molecular weight excluding hydrogens is 369 g/mol. The Hall–Kier alpha value is -2.99. The van der Waals surface area contributed by atoms with E-state index in [-0.39, 0.29) is 11.7 Å². The zero-order valence-electron chi connectivity index (χ0n) is 16.3. The molecule has 1 aliphatic rings. The van der Waals surface area contributed by atoms with E-state index in [2.05, 4.69) is 9.88 Å². The van der Waals surface area contributed by atoms with Crippen molar-refractivity contribution in [3.63, 3.8) is 0 Å². The first-order valence-corrected chi connectivity index (χ1v) is 9.92. The highest BCUT2D eigenvalue weighted by Crippen LogP contribution is 2.25. The van der Waals surface area contributed by atoms with Gasteiger partial charge in [0.2, 0.25) is 5.91 Å². The predicted octanol–water partition coefficient (Wildman–Crippen LogP) is 3.76. The maximum absolute atomic E-state index is 13.9. The van der Waals surface area contributed by atoms with Crippen LogP contribution in [0.1, 0.15) is 17.7 Å². The summed E-state index contributed by atoms with van der Waals surface area (Å²) in [5.41, 5.74) is 1.68. The van der Waals surface area contributed by atoms with Crippen LogP contribution in [-0.2, 0) is 17.8 Å². The Morgan fingerprint density at radius 2 is 1.76 bits per heavy atom. The molecule has 6 heteroatoms. The first-order chi connectivity index (χ1) is 14.2. The second-order valence-electron chi connectivity index (χ2n) is 7.26. The van der Waals surface area contributed by atoms with Crippen molar-refractivity contribution < 1.29 is 13.6 Å². The number of pyridine rings is 1. The molecule has 0 atom stereocenters. The maximum atomic E-state index is 13.9. The highest BCUT2D eigenvalue weighted by atomic mass is 19.1. The summed E-state index contributed by atoms with van der Waals surface area (Å²) in [4.78, 5) is 20.9. The molecular formula is C23H24FN3O2. The highest BCUT2D eigenvalue weighted by Gasteiger charge is 2.21. The molecule has 0 aliphatic carbocycles. The van der Waals surface area contributed by atoms with E-state index in [0.29, 0.717) is 29.9 Å². The van der Waals surface area contributed by atoms with Crippen LogP contribution in [0, 0.1) is 5.82 Å². The Balaban J connectivity index is 1.25. The number of hydrogen-bond donors (Lipinski definition) is 0. The van der Waals surface area contributed by atoms with Crippen molar-refractivity contribution in [2.24, 2.45) is 0 Å². The van der Waals surface area contributed by atoms with Crippen LogP contribution in [0.4, 0.5) is 4.39 Å². The maximum Gasteiger partial charge on any atom is 0.223 e. The van der Waals surface area contributed by atoms with Gasteiger partial charge in [-0.3, -0.25) is 14.7 Å². The molecule has 0 unspecified atom stereocenters. The molecule has 3 heterocycles. The summed E-state index contributed by atoms with van der Waals surface area (Å²) in [6, 6.07) is 14.2. The summed E-state index contributed by atoms with van der Waals surface area (Å²) < 4.78 is 19.6. The van der Waals surface area contributed by atoms with Crippen molar-refractivity contribution in [3.05, 3.63) is 78.1 Å². The normalized spacial score (nSPS) is 14.9. The molecule has 0 bridgehead atoms. The minimum atomic E-state index is -0.311. The number of hydrogen-bond acceptors (Lipinski definition) is 4. The van der Waals surface area contributed by atoms with Gasteiger partial charge in [0.1, 0.15) is 17.3 Å². The SMILES string of the molecule is O=C(CCc1ccc(-c2ccccc2F)o1)N1CCN(Cc2ccncc2)CC1. The summed E-state index contributed by atoms with van der Waals surface area (Å²) in [7, 11) is 0. The van der Waals surface area contributed by atoms with Crippen LogP contribution < -0.4 is 0 Å². The molecule has 1 aromatic carbocycles. The quantitative estimate of drug-likeness (QED) is 0.640. The molecule has 4 rings (SSSR count).